The summed E-state index contributed by atoms with van der Waals surface area (Å²) in [6.07, 6.45) is 4.14. The molecule has 1 unspecified atom stereocenters. The molecule has 0 aliphatic heterocycles. The molecule has 0 spiro atoms. The second-order valence-corrected chi connectivity index (χ2v) is 5.68. The summed E-state index contributed by atoms with van der Waals surface area (Å²) >= 11 is 0. The van der Waals surface area contributed by atoms with E-state index in [1.165, 1.54) is 19.3 Å². The van der Waals surface area contributed by atoms with Crippen LogP contribution in [0.2, 0.25) is 0 Å². The molecule has 0 saturated heterocycles. The lowest BCUT2D eigenvalue weighted by molar-refractivity contribution is -0.142. The highest BCUT2D eigenvalue weighted by Crippen LogP contribution is 2.35. The fourth-order valence-electron chi connectivity index (χ4n) is 2.43. The molecule has 0 fully saturated rings. The van der Waals surface area contributed by atoms with Crippen LogP contribution in [0.25, 0.3) is 6.08 Å². The molecule has 0 aromatic heterocycles. The SMILES string of the molecule is COC1=CC(=O)C(C(=O)C=Cc2ccccc2)C(=O)C1(C)C. The number of allylic oxidation sites excluding steroid dienone is 3. The molecule has 114 valence electrons. The van der Waals surface area contributed by atoms with E-state index in [-0.39, 0.29) is 0 Å². The van der Waals surface area contributed by atoms with E-state index in [4.69, 9.17) is 4.74 Å². The summed E-state index contributed by atoms with van der Waals surface area (Å²) in [6.45, 7) is 3.30. The van der Waals surface area contributed by atoms with Gasteiger partial charge in [0.1, 0.15) is 11.7 Å². The van der Waals surface area contributed by atoms with Crippen molar-refractivity contribution in [3.8, 4) is 0 Å². The molecule has 2 rings (SSSR count). The van der Waals surface area contributed by atoms with Crippen LogP contribution in [0.15, 0.2) is 48.2 Å². The van der Waals surface area contributed by atoms with Crippen molar-refractivity contribution < 1.29 is 19.1 Å². The maximum Gasteiger partial charge on any atom is 0.177 e. The average Bonchev–Trinajstić information content (AvgIpc) is 2.50. The Kier molecular flexibility index (Phi) is 4.40. The molecule has 1 aliphatic carbocycles. The third-order valence-electron chi connectivity index (χ3n) is 3.80. The van der Waals surface area contributed by atoms with Crippen LogP contribution in [-0.2, 0) is 19.1 Å². The lowest BCUT2D eigenvalue weighted by atomic mass is 9.72. The smallest absolute Gasteiger partial charge is 0.177 e. The van der Waals surface area contributed by atoms with Crippen molar-refractivity contribution in [1.82, 2.24) is 0 Å². The number of rotatable bonds is 4. The topological polar surface area (TPSA) is 60.4 Å². The normalized spacial score (nSPS) is 20.9. The summed E-state index contributed by atoms with van der Waals surface area (Å²) < 4.78 is 5.09. The van der Waals surface area contributed by atoms with Crippen molar-refractivity contribution in [3.05, 3.63) is 53.8 Å². The van der Waals surface area contributed by atoms with Crippen LogP contribution in [0.5, 0.6) is 0 Å². The molecule has 0 N–H and O–H groups in total. The van der Waals surface area contributed by atoms with Crippen LogP contribution in [0.3, 0.4) is 0 Å². The van der Waals surface area contributed by atoms with E-state index in [2.05, 4.69) is 0 Å². The Morgan fingerprint density at radius 3 is 2.41 bits per heavy atom. The predicted molar refractivity (Wildman–Crippen MR) is 82.9 cm³/mol. The zero-order valence-corrected chi connectivity index (χ0v) is 12.8. The Morgan fingerprint density at radius 2 is 1.82 bits per heavy atom. The molecule has 4 heteroatoms. The zero-order valence-electron chi connectivity index (χ0n) is 12.8. The molecule has 1 atom stereocenters. The number of benzene rings is 1. The molecular weight excluding hydrogens is 280 g/mol. The Labute approximate surface area is 129 Å². The van der Waals surface area contributed by atoms with Crippen LogP contribution in [0, 0.1) is 11.3 Å². The Bertz CT molecular complexity index is 666. The number of carbonyl (C=O) groups excluding carboxylic acids is 3. The van der Waals surface area contributed by atoms with E-state index in [0.29, 0.717) is 5.76 Å². The molecule has 1 aromatic rings. The lowest BCUT2D eigenvalue weighted by Crippen LogP contribution is -2.44. The second-order valence-electron chi connectivity index (χ2n) is 5.68. The van der Waals surface area contributed by atoms with E-state index < -0.39 is 28.7 Å². The maximum absolute atomic E-state index is 12.5. The van der Waals surface area contributed by atoms with Gasteiger partial charge in [-0.05, 0) is 25.5 Å². The van der Waals surface area contributed by atoms with Crippen molar-refractivity contribution in [2.45, 2.75) is 13.8 Å². The molecule has 4 nitrogen and oxygen atoms in total. The highest BCUT2D eigenvalue weighted by Gasteiger charge is 2.47. The summed E-state index contributed by atoms with van der Waals surface area (Å²) in [6, 6.07) is 9.23. The largest absolute Gasteiger partial charge is 0.500 e. The zero-order chi connectivity index (χ0) is 16.3. The molecule has 0 saturated carbocycles. The minimum absolute atomic E-state index is 0.290. The quantitative estimate of drug-likeness (QED) is 0.633. The Morgan fingerprint density at radius 1 is 1.18 bits per heavy atom. The van der Waals surface area contributed by atoms with Gasteiger partial charge in [-0.15, -0.1) is 0 Å². The van der Waals surface area contributed by atoms with Crippen LogP contribution in [0.4, 0.5) is 0 Å². The highest BCUT2D eigenvalue weighted by atomic mass is 16.5. The third kappa shape index (κ3) is 2.91. The minimum Gasteiger partial charge on any atom is -0.500 e. The van der Waals surface area contributed by atoms with Gasteiger partial charge in [0.2, 0.25) is 0 Å². The van der Waals surface area contributed by atoms with E-state index in [1.54, 1.807) is 19.9 Å². The first-order valence-electron chi connectivity index (χ1n) is 6.99. The van der Waals surface area contributed by atoms with Gasteiger partial charge in [-0.25, -0.2) is 0 Å². The lowest BCUT2D eigenvalue weighted by Gasteiger charge is -2.31. The molecule has 0 radical (unpaired) electrons. The summed E-state index contributed by atoms with van der Waals surface area (Å²) in [5, 5.41) is 0. The van der Waals surface area contributed by atoms with Gasteiger partial charge in [-0.3, -0.25) is 14.4 Å². The van der Waals surface area contributed by atoms with Crippen molar-refractivity contribution in [2.75, 3.05) is 7.11 Å². The van der Waals surface area contributed by atoms with E-state index >= 15 is 0 Å². The summed E-state index contributed by atoms with van der Waals surface area (Å²) in [7, 11) is 1.41. The van der Waals surface area contributed by atoms with Gasteiger partial charge in [0.25, 0.3) is 0 Å². The Balaban J connectivity index is 2.27. The van der Waals surface area contributed by atoms with Crippen molar-refractivity contribution in [2.24, 2.45) is 11.3 Å². The first-order chi connectivity index (χ1) is 10.4. The highest BCUT2D eigenvalue weighted by molar-refractivity contribution is 6.28. The maximum atomic E-state index is 12.5. The van der Waals surface area contributed by atoms with Gasteiger partial charge >= 0.3 is 0 Å². The van der Waals surface area contributed by atoms with Crippen molar-refractivity contribution in [1.29, 1.82) is 0 Å². The molecule has 1 aromatic carbocycles. The first kappa shape index (κ1) is 15.9. The third-order valence-corrected chi connectivity index (χ3v) is 3.80. The molecule has 22 heavy (non-hydrogen) atoms. The van der Waals surface area contributed by atoms with Gasteiger partial charge in [0.05, 0.1) is 12.5 Å². The van der Waals surface area contributed by atoms with Crippen molar-refractivity contribution in [3.63, 3.8) is 0 Å². The Hall–Kier alpha value is -2.49. The van der Waals surface area contributed by atoms with Gasteiger partial charge in [0.15, 0.2) is 17.3 Å². The van der Waals surface area contributed by atoms with Crippen LogP contribution in [0.1, 0.15) is 19.4 Å². The number of hydrogen-bond donors (Lipinski definition) is 0. The number of Topliss-reactive ketones (excluding diaryl/α,β-unsaturated/α-hetero) is 1. The molecule has 0 bridgehead atoms. The van der Waals surface area contributed by atoms with Crippen molar-refractivity contribution >= 4 is 23.4 Å². The monoisotopic (exact) mass is 298 g/mol. The second kappa shape index (κ2) is 6.10. The number of ether oxygens (including phenoxy) is 1. The van der Waals surface area contributed by atoms with E-state index in [0.717, 1.165) is 5.56 Å². The van der Waals surface area contributed by atoms with Gasteiger partial charge in [-0.2, -0.15) is 0 Å². The predicted octanol–water partition coefficient (Wildman–Crippen LogP) is 2.59. The molecule has 0 heterocycles. The number of methoxy groups -OCH3 is 1. The molecule has 1 aliphatic rings. The van der Waals surface area contributed by atoms with Crippen LogP contribution < -0.4 is 0 Å². The van der Waals surface area contributed by atoms with Crippen LogP contribution >= 0.6 is 0 Å². The van der Waals surface area contributed by atoms with E-state index in [1.807, 2.05) is 30.3 Å². The average molecular weight is 298 g/mol. The molecule has 0 amide bonds. The van der Waals surface area contributed by atoms with Gasteiger partial charge < -0.3 is 4.74 Å². The summed E-state index contributed by atoms with van der Waals surface area (Å²) in [4.78, 5) is 36.8. The minimum atomic E-state index is -1.28. The summed E-state index contributed by atoms with van der Waals surface area (Å²) in [5.74, 6) is -2.45. The number of carbonyl (C=O) groups is 3. The fraction of sp³-hybridized carbons (Fsp3) is 0.278. The summed E-state index contributed by atoms with van der Waals surface area (Å²) in [5.41, 5.74) is -0.150. The first-order valence-corrected chi connectivity index (χ1v) is 6.99. The fourth-order valence-corrected chi connectivity index (χ4v) is 2.43. The number of hydrogen-bond acceptors (Lipinski definition) is 4. The molecular formula is C18H18O4. The van der Waals surface area contributed by atoms with Gasteiger partial charge in [0, 0.05) is 6.08 Å². The number of ketones is 3. The van der Waals surface area contributed by atoms with Crippen LogP contribution in [-0.4, -0.2) is 24.5 Å². The van der Waals surface area contributed by atoms with Gasteiger partial charge in [-0.1, -0.05) is 36.4 Å². The standard InChI is InChI=1S/C18H18O4/c1-18(2)15(22-3)11-14(20)16(17(18)21)13(19)10-9-12-7-5-4-6-8-12/h4-11,16H,1-3H3. The van der Waals surface area contributed by atoms with E-state index in [9.17, 15) is 14.4 Å².